The summed E-state index contributed by atoms with van der Waals surface area (Å²) in [5.74, 6) is 0.772. The van der Waals surface area contributed by atoms with E-state index in [4.69, 9.17) is 26.3 Å². The number of hydrogen-bond donors (Lipinski definition) is 0. The van der Waals surface area contributed by atoms with E-state index in [0.717, 1.165) is 33.1 Å². The molecule has 4 aromatic rings. The van der Waals surface area contributed by atoms with Crippen molar-refractivity contribution in [2.45, 2.75) is 32.8 Å². The van der Waals surface area contributed by atoms with Gasteiger partial charge in [0.2, 0.25) is 0 Å². The predicted molar refractivity (Wildman–Crippen MR) is 145 cm³/mol. The molecule has 0 spiro atoms. The third-order valence-electron chi connectivity index (χ3n) is 6.60. The molecule has 5 rings (SSSR count). The van der Waals surface area contributed by atoms with Crippen LogP contribution in [0.3, 0.4) is 0 Å². The third kappa shape index (κ3) is 5.84. The number of methoxy groups -OCH3 is 1. The van der Waals surface area contributed by atoms with Crippen LogP contribution in [0.4, 0.5) is 0 Å². The van der Waals surface area contributed by atoms with Gasteiger partial charge in [0, 0.05) is 63.1 Å². The smallest absolute Gasteiger partial charge is 0.183 e. The molecule has 0 aliphatic carbocycles. The fourth-order valence-corrected chi connectivity index (χ4v) is 5.77. The van der Waals surface area contributed by atoms with Crippen LogP contribution < -0.4 is 0 Å². The van der Waals surface area contributed by atoms with Crippen molar-refractivity contribution in [3.05, 3.63) is 75.3 Å². The SMILES string of the molecule is COCCN1C[C@@H](CC(=O)Cc2c(C)c(-c3cnc(C)nc3)nn2-c2ccccc2)[C@H](c2cnc(Cl)s2)O1. The van der Waals surface area contributed by atoms with Crippen LogP contribution in [0, 0.1) is 19.8 Å². The molecule has 0 unspecified atom stereocenters. The van der Waals surface area contributed by atoms with Crippen LogP contribution in [-0.2, 0) is 20.8 Å². The highest BCUT2D eigenvalue weighted by Crippen LogP contribution is 2.40. The van der Waals surface area contributed by atoms with Gasteiger partial charge in [-0.1, -0.05) is 29.8 Å². The lowest BCUT2D eigenvalue weighted by Crippen LogP contribution is -2.24. The maximum atomic E-state index is 13.6. The molecule has 198 valence electrons. The number of aromatic nitrogens is 5. The first-order valence-electron chi connectivity index (χ1n) is 12.4. The fraction of sp³-hybridized carbons (Fsp3) is 0.370. The average Bonchev–Trinajstić information content (AvgIpc) is 3.61. The van der Waals surface area contributed by atoms with Gasteiger partial charge in [0.05, 0.1) is 28.6 Å². The number of hydroxylamine groups is 2. The van der Waals surface area contributed by atoms with Crippen LogP contribution in [0.25, 0.3) is 16.9 Å². The Hall–Kier alpha value is -3.02. The Bertz CT molecular complexity index is 1390. The first kappa shape index (κ1) is 26.6. The van der Waals surface area contributed by atoms with E-state index in [1.807, 2.05) is 53.9 Å². The lowest BCUT2D eigenvalue weighted by molar-refractivity contribution is -0.154. The zero-order valence-corrected chi connectivity index (χ0v) is 23.1. The molecule has 0 bridgehead atoms. The molecule has 4 heterocycles. The molecular formula is C27H29ClN6O3S. The lowest BCUT2D eigenvalue weighted by Gasteiger charge is -2.15. The number of carbonyl (C=O) groups is 1. The van der Waals surface area contributed by atoms with Gasteiger partial charge in [0.25, 0.3) is 0 Å². The van der Waals surface area contributed by atoms with Gasteiger partial charge in [-0.3, -0.25) is 9.63 Å². The van der Waals surface area contributed by atoms with E-state index >= 15 is 0 Å². The molecule has 1 fully saturated rings. The molecule has 1 saturated heterocycles. The van der Waals surface area contributed by atoms with Crippen molar-refractivity contribution in [2.75, 3.05) is 26.8 Å². The van der Waals surface area contributed by atoms with E-state index in [1.165, 1.54) is 11.3 Å². The number of ketones is 1. The fourth-order valence-electron chi connectivity index (χ4n) is 4.70. The predicted octanol–water partition coefficient (Wildman–Crippen LogP) is 4.81. The maximum Gasteiger partial charge on any atom is 0.183 e. The second-order valence-electron chi connectivity index (χ2n) is 9.29. The largest absolute Gasteiger partial charge is 0.383 e. The van der Waals surface area contributed by atoms with Gasteiger partial charge in [0.1, 0.15) is 17.7 Å². The van der Waals surface area contributed by atoms with Crippen molar-refractivity contribution >= 4 is 28.7 Å². The van der Waals surface area contributed by atoms with Crippen LogP contribution in [0.2, 0.25) is 4.47 Å². The molecule has 0 amide bonds. The summed E-state index contributed by atoms with van der Waals surface area (Å²) in [5, 5.41) is 6.76. The van der Waals surface area contributed by atoms with Crippen molar-refractivity contribution in [3.8, 4) is 16.9 Å². The van der Waals surface area contributed by atoms with E-state index in [-0.39, 0.29) is 24.2 Å². The minimum Gasteiger partial charge on any atom is -0.383 e. The number of ether oxygens (including phenoxy) is 1. The molecule has 11 heteroatoms. The van der Waals surface area contributed by atoms with Gasteiger partial charge >= 0.3 is 0 Å². The topological polar surface area (TPSA) is 95.3 Å². The zero-order valence-electron chi connectivity index (χ0n) is 21.5. The summed E-state index contributed by atoms with van der Waals surface area (Å²) >= 11 is 7.49. The first-order valence-corrected chi connectivity index (χ1v) is 13.6. The summed E-state index contributed by atoms with van der Waals surface area (Å²) in [6.45, 7) is 5.62. The third-order valence-corrected chi connectivity index (χ3v) is 7.78. The molecule has 0 radical (unpaired) electrons. The summed E-state index contributed by atoms with van der Waals surface area (Å²) in [4.78, 5) is 33.6. The molecular weight excluding hydrogens is 524 g/mol. The van der Waals surface area contributed by atoms with Gasteiger partial charge in [-0.25, -0.2) is 19.6 Å². The second kappa shape index (κ2) is 11.8. The highest BCUT2D eigenvalue weighted by molar-refractivity contribution is 7.15. The van der Waals surface area contributed by atoms with Crippen molar-refractivity contribution < 1.29 is 14.4 Å². The van der Waals surface area contributed by atoms with Crippen LogP contribution in [0.5, 0.6) is 0 Å². The molecule has 1 aliphatic rings. The van der Waals surface area contributed by atoms with E-state index in [9.17, 15) is 4.79 Å². The van der Waals surface area contributed by atoms with E-state index in [0.29, 0.717) is 36.4 Å². The van der Waals surface area contributed by atoms with E-state index in [2.05, 4.69) is 15.0 Å². The number of halogens is 1. The van der Waals surface area contributed by atoms with Crippen LogP contribution in [-0.4, -0.2) is 62.4 Å². The van der Waals surface area contributed by atoms with Crippen molar-refractivity contribution in [1.82, 2.24) is 29.8 Å². The van der Waals surface area contributed by atoms with Crippen molar-refractivity contribution in [3.63, 3.8) is 0 Å². The van der Waals surface area contributed by atoms with Crippen LogP contribution in [0.1, 0.15) is 34.5 Å². The number of para-hydroxylation sites is 1. The number of nitrogens with zero attached hydrogens (tertiary/aromatic N) is 6. The van der Waals surface area contributed by atoms with Crippen molar-refractivity contribution in [1.29, 1.82) is 0 Å². The van der Waals surface area contributed by atoms with Crippen LogP contribution >= 0.6 is 22.9 Å². The number of benzene rings is 1. The Morgan fingerprint density at radius 2 is 1.92 bits per heavy atom. The van der Waals surface area contributed by atoms with Gasteiger partial charge in [-0.05, 0) is 31.5 Å². The monoisotopic (exact) mass is 552 g/mol. The summed E-state index contributed by atoms with van der Waals surface area (Å²) in [6, 6.07) is 9.85. The van der Waals surface area contributed by atoms with Crippen molar-refractivity contribution in [2.24, 2.45) is 5.92 Å². The number of aryl methyl sites for hydroxylation is 1. The quantitative estimate of drug-likeness (QED) is 0.277. The van der Waals surface area contributed by atoms with Gasteiger partial charge in [-0.2, -0.15) is 10.2 Å². The molecule has 9 nitrogen and oxygen atoms in total. The van der Waals surface area contributed by atoms with Gasteiger partial charge in [0.15, 0.2) is 4.47 Å². The number of Topliss-reactive ketones (excluding diaryl/α,β-unsaturated/α-hetero) is 1. The summed E-state index contributed by atoms with van der Waals surface area (Å²) in [7, 11) is 1.66. The molecule has 1 aliphatic heterocycles. The molecule has 0 saturated carbocycles. The molecule has 2 atom stereocenters. The second-order valence-corrected chi connectivity index (χ2v) is 10.9. The highest BCUT2D eigenvalue weighted by atomic mass is 35.5. The zero-order chi connectivity index (χ0) is 26.6. The Morgan fingerprint density at radius 1 is 1.16 bits per heavy atom. The molecule has 0 N–H and O–H groups in total. The molecule has 3 aromatic heterocycles. The van der Waals surface area contributed by atoms with Crippen LogP contribution in [0.15, 0.2) is 48.9 Å². The minimum atomic E-state index is -0.277. The lowest BCUT2D eigenvalue weighted by atomic mass is 9.93. The van der Waals surface area contributed by atoms with Gasteiger partial charge in [-0.15, -0.1) is 11.3 Å². The maximum absolute atomic E-state index is 13.6. The number of rotatable bonds is 10. The standard InChI is InChI=1S/C27H29ClN6O3S/c1-17-23(34(21-7-5-4-6-8-21)32-25(17)20-13-29-18(2)30-14-20)12-22(35)11-19-16-33(9-10-36-3)37-26(19)24-15-31-27(28)38-24/h4-8,13-15,19,26H,9-12,16H2,1-3H3/t19-,26-/m1/s1. The molecule has 1 aromatic carbocycles. The highest BCUT2D eigenvalue weighted by Gasteiger charge is 2.38. The first-order chi connectivity index (χ1) is 18.4. The van der Waals surface area contributed by atoms with Gasteiger partial charge < -0.3 is 4.74 Å². The van der Waals surface area contributed by atoms with E-state index in [1.54, 1.807) is 25.7 Å². The Labute approximate surface area is 230 Å². The normalized spacial score (nSPS) is 17.8. The number of thiazole rings is 1. The summed E-state index contributed by atoms with van der Waals surface area (Å²) in [6.07, 6.45) is 5.60. The molecule has 38 heavy (non-hydrogen) atoms. The van der Waals surface area contributed by atoms with E-state index < -0.39 is 0 Å². The minimum absolute atomic E-state index is 0.0331. The Kier molecular flexibility index (Phi) is 8.25. The number of carbonyl (C=O) groups excluding carboxylic acids is 1. The Morgan fingerprint density at radius 3 is 2.61 bits per heavy atom. The summed E-state index contributed by atoms with van der Waals surface area (Å²) < 4.78 is 7.54. The average molecular weight is 553 g/mol. The number of hydrogen-bond acceptors (Lipinski definition) is 9. The summed E-state index contributed by atoms with van der Waals surface area (Å²) in [5.41, 5.74) is 4.26. The Balaban J connectivity index is 1.41.